The zero-order valence-corrected chi connectivity index (χ0v) is 18.2. The third kappa shape index (κ3) is 3.03. The van der Waals surface area contributed by atoms with Crippen LogP contribution in [0.5, 0.6) is 0 Å². The second kappa shape index (κ2) is 7.29. The largest absolute Gasteiger partial charge is 0.356 e. The molecule has 5 heterocycles. The van der Waals surface area contributed by atoms with Crippen molar-refractivity contribution in [3.05, 3.63) is 66.6 Å². The van der Waals surface area contributed by atoms with Crippen molar-refractivity contribution in [3.8, 4) is 11.3 Å². The van der Waals surface area contributed by atoms with Gasteiger partial charge in [0, 0.05) is 18.8 Å². The maximum absolute atomic E-state index is 14.5. The van der Waals surface area contributed by atoms with Crippen molar-refractivity contribution in [2.24, 2.45) is 5.73 Å². The second-order valence-corrected chi connectivity index (χ2v) is 9.09. The molecule has 0 saturated carbocycles. The number of hydrogen-bond donors (Lipinski definition) is 1. The van der Waals surface area contributed by atoms with Gasteiger partial charge >= 0.3 is 5.95 Å². The van der Waals surface area contributed by atoms with Gasteiger partial charge < -0.3 is 10.6 Å². The smallest absolute Gasteiger partial charge is 0.335 e. The molecule has 3 aromatic heterocycles. The van der Waals surface area contributed by atoms with E-state index in [2.05, 4.69) is 22.0 Å². The minimum Gasteiger partial charge on any atom is -0.356 e. The molecule has 4 aromatic rings. The number of hydrogen-bond acceptors (Lipinski definition) is 5. The molecule has 3 unspecified atom stereocenters. The first kappa shape index (κ1) is 20.2. The molecule has 7 nitrogen and oxygen atoms in total. The number of nitrogens with zero attached hydrogens (tertiary/aromatic N) is 6. The Morgan fingerprint density at radius 1 is 1.06 bits per heavy atom. The summed E-state index contributed by atoms with van der Waals surface area (Å²) in [5.74, 6) is -0.622. The molecule has 0 aliphatic carbocycles. The number of piperidine rings is 1. The summed E-state index contributed by atoms with van der Waals surface area (Å²) in [6.07, 6.45) is 7.37. The van der Waals surface area contributed by atoms with Crippen LogP contribution < -0.4 is 15.1 Å². The molecule has 2 aliphatic heterocycles. The van der Waals surface area contributed by atoms with Gasteiger partial charge in [0.05, 0.1) is 42.3 Å². The van der Waals surface area contributed by atoms with Gasteiger partial charge in [0.2, 0.25) is 0 Å². The lowest BCUT2D eigenvalue weighted by Gasteiger charge is -2.48. The van der Waals surface area contributed by atoms with E-state index in [9.17, 15) is 8.78 Å². The molecule has 1 aromatic carbocycles. The van der Waals surface area contributed by atoms with Crippen molar-refractivity contribution < 1.29 is 8.78 Å². The van der Waals surface area contributed by atoms with Gasteiger partial charge in [-0.25, -0.2) is 13.3 Å². The summed E-state index contributed by atoms with van der Waals surface area (Å²) in [6.45, 7) is 1.57. The van der Waals surface area contributed by atoms with Gasteiger partial charge in [0.25, 0.3) is 0 Å². The Labute approximate surface area is 189 Å². The second-order valence-electron chi connectivity index (χ2n) is 9.09. The van der Waals surface area contributed by atoms with Crippen LogP contribution in [0, 0.1) is 11.6 Å². The van der Waals surface area contributed by atoms with Crippen molar-refractivity contribution in [1.29, 1.82) is 0 Å². The molecule has 9 heteroatoms. The average molecular weight is 449 g/mol. The van der Waals surface area contributed by atoms with Crippen LogP contribution in [-0.2, 0) is 0 Å². The molecule has 3 atom stereocenters. The van der Waals surface area contributed by atoms with Crippen LogP contribution >= 0.6 is 0 Å². The highest BCUT2D eigenvalue weighted by atomic mass is 19.1. The molecule has 6 rings (SSSR count). The van der Waals surface area contributed by atoms with Crippen LogP contribution in [-0.4, -0.2) is 51.8 Å². The highest BCUT2D eigenvalue weighted by Gasteiger charge is 2.47. The Morgan fingerprint density at radius 3 is 2.70 bits per heavy atom. The molecular formula is C24H24F2N7+. The molecule has 2 N–H and O–H groups in total. The third-order valence-corrected chi connectivity index (χ3v) is 6.96. The highest BCUT2D eigenvalue weighted by molar-refractivity contribution is 5.75. The summed E-state index contributed by atoms with van der Waals surface area (Å²) in [4.78, 5) is 11.5. The predicted molar refractivity (Wildman–Crippen MR) is 123 cm³/mol. The number of pyridine rings is 1. The Kier molecular flexibility index (Phi) is 4.46. The monoisotopic (exact) mass is 448 g/mol. The van der Waals surface area contributed by atoms with Crippen molar-refractivity contribution >= 4 is 22.8 Å². The van der Waals surface area contributed by atoms with Crippen LogP contribution in [0.25, 0.3) is 16.8 Å². The van der Waals surface area contributed by atoms with E-state index < -0.39 is 11.6 Å². The number of benzene rings is 1. The molecule has 0 amide bonds. The predicted octanol–water partition coefficient (Wildman–Crippen LogP) is 3.65. The normalized spacial score (nSPS) is 24.5. The summed E-state index contributed by atoms with van der Waals surface area (Å²) >= 11 is 0. The molecule has 0 radical (unpaired) electrons. The first-order chi connectivity index (χ1) is 16.0. The lowest BCUT2D eigenvalue weighted by Crippen LogP contribution is -2.61. The maximum atomic E-state index is 14.5. The number of aromatic nitrogens is 4. The first-order valence-electron chi connectivity index (χ1n) is 11.1. The minimum atomic E-state index is -0.648. The zero-order valence-electron chi connectivity index (χ0n) is 18.2. The summed E-state index contributed by atoms with van der Waals surface area (Å²) in [5.41, 5.74) is 9.20. The van der Waals surface area contributed by atoms with Crippen LogP contribution in [0.3, 0.4) is 0 Å². The van der Waals surface area contributed by atoms with Gasteiger partial charge in [-0.3, -0.25) is 4.98 Å². The van der Waals surface area contributed by atoms with E-state index in [0.717, 1.165) is 42.8 Å². The number of quaternary nitrogens is 1. The number of likely N-dealkylation sites (N-methyl/N-ethyl adjacent to an activating group) is 1. The van der Waals surface area contributed by atoms with Crippen LogP contribution in [0.2, 0.25) is 0 Å². The Morgan fingerprint density at radius 2 is 1.88 bits per heavy atom. The average Bonchev–Trinajstić information content (AvgIpc) is 3.24. The molecule has 33 heavy (non-hydrogen) atoms. The molecule has 0 spiro atoms. The molecule has 0 bridgehead atoms. The number of fused-ring (bicyclic) bond motifs is 4. The number of halogens is 2. The van der Waals surface area contributed by atoms with Crippen molar-refractivity contribution in [3.63, 3.8) is 0 Å². The lowest BCUT2D eigenvalue weighted by molar-refractivity contribution is 0.311. The Balaban J connectivity index is 1.53. The van der Waals surface area contributed by atoms with Crippen LogP contribution in [0.1, 0.15) is 12.8 Å². The van der Waals surface area contributed by atoms with E-state index in [1.807, 2.05) is 12.3 Å². The summed E-state index contributed by atoms with van der Waals surface area (Å²) in [7, 11) is 2.10. The van der Waals surface area contributed by atoms with Gasteiger partial charge in [-0.1, -0.05) is 6.07 Å². The number of anilines is 1. The minimum absolute atomic E-state index is 0.144. The van der Waals surface area contributed by atoms with Crippen molar-refractivity contribution in [1.82, 2.24) is 24.1 Å². The van der Waals surface area contributed by atoms with E-state index >= 15 is 0 Å². The van der Waals surface area contributed by atoms with Crippen LogP contribution in [0.15, 0.2) is 55.0 Å². The fourth-order valence-corrected chi connectivity index (χ4v) is 5.33. The number of nitrogens with two attached hydrogens (primary N) is 1. The van der Waals surface area contributed by atoms with Gasteiger partial charge in [-0.05, 0) is 43.2 Å². The standard InChI is InChI=1S/C24H24F2N7/c1-33(14-17-6-5-15(27)13-31(17)21-9-10-28-12-22(21)33)24-29-11-16-7-8-20(30-32(16)24)23-18(25)3-2-4-19(23)26/h2-4,7-12,15,17H,5-6,13-14,27H2,1H3/q+1. The van der Waals surface area contributed by atoms with Gasteiger partial charge in [-0.2, -0.15) is 14.6 Å². The first-order valence-corrected chi connectivity index (χ1v) is 11.1. The van der Waals surface area contributed by atoms with E-state index in [0.29, 0.717) is 16.5 Å². The third-order valence-electron chi connectivity index (χ3n) is 6.96. The Bertz CT molecular complexity index is 1350. The van der Waals surface area contributed by atoms with Gasteiger partial charge in [0.1, 0.15) is 23.9 Å². The van der Waals surface area contributed by atoms with E-state index in [-0.39, 0.29) is 17.3 Å². The fourth-order valence-electron chi connectivity index (χ4n) is 5.33. The zero-order chi connectivity index (χ0) is 22.7. The Hall–Kier alpha value is -3.43. The SMILES string of the molecule is C[N+]1(c2ncc3ccc(-c4c(F)cccc4F)nn23)CC2CCC(N)CN2c2ccncc21. The van der Waals surface area contributed by atoms with Crippen molar-refractivity contribution in [2.45, 2.75) is 24.9 Å². The molecule has 168 valence electrons. The number of rotatable bonds is 2. The van der Waals surface area contributed by atoms with E-state index in [4.69, 9.17) is 10.7 Å². The summed E-state index contributed by atoms with van der Waals surface area (Å²) in [5, 5.41) is 4.64. The molecule has 1 fully saturated rings. The van der Waals surface area contributed by atoms with Gasteiger partial charge in [-0.15, -0.1) is 0 Å². The molecular weight excluding hydrogens is 424 g/mol. The topological polar surface area (TPSA) is 72.3 Å². The van der Waals surface area contributed by atoms with E-state index in [1.165, 1.54) is 18.2 Å². The van der Waals surface area contributed by atoms with Crippen molar-refractivity contribution in [2.75, 3.05) is 25.0 Å². The number of imidazole rings is 1. The maximum Gasteiger partial charge on any atom is 0.335 e. The molecule has 2 aliphatic rings. The quantitative estimate of drug-likeness (QED) is 0.474. The summed E-state index contributed by atoms with van der Waals surface area (Å²) in [6, 6.07) is 9.70. The highest BCUT2D eigenvalue weighted by Crippen LogP contribution is 2.45. The van der Waals surface area contributed by atoms with Gasteiger partial charge in [0.15, 0.2) is 5.69 Å². The fraction of sp³-hybridized carbons (Fsp3) is 0.292. The van der Waals surface area contributed by atoms with E-state index in [1.54, 1.807) is 29.0 Å². The molecule has 1 saturated heterocycles. The summed E-state index contributed by atoms with van der Waals surface area (Å²) < 4.78 is 31.0. The van der Waals surface area contributed by atoms with Crippen LogP contribution in [0.4, 0.5) is 26.1 Å². The lowest BCUT2D eigenvalue weighted by atomic mass is 9.94.